The Kier molecular flexibility index (Phi) is 4.79. The van der Waals surface area contributed by atoms with Gasteiger partial charge in [0.15, 0.2) is 0 Å². The van der Waals surface area contributed by atoms with Crippen LogP contribution in [0.4, 0.5) is 0 Å². The van der Waals surface area contributed by atoms with Crippen molar-refractivity contribution in [2.24, 2.45) is 5.92 Å². The second-order valence-corrected chi connectivity index (χ2v) is 5.50. The molecule has 2 rings (SSSR count). The maximum atomic E-state index is 11.9. The van der Waals surface area contributed by atoms with Gasteiger partial charge in [-0.25, -0.2) is 0 Å². The molecule has 0 saturated carbocycles. The lowest BCUT2D eigenvalue weighted by atomic mass is 10.1. The van der Waals surface area contributed by atoms with Gasteiger partial charge in [-0.3, -0.25) is 4.79 Å². The molecule has 1 aromatic carbocycles. The fourth-order valence-electron chi connectivity index (χ4n) is 1.98. The van der Waals surface area contributed by atoms with E-state index in [1.165, 1.54) is 0 Å². The van der Waals surface area contributed by atoms with Crippen molar-refractivity contribution in [3.63, 3.8) is 0 Å². The molecule has 0 aliphatic rings. The number of furan rings is 1. The highest BCUT2D eigenvalue weighted by atomic mass is 16.3. The van der Waals surface area contributed by atoms with Gasteiger partial charge in [-0.15, -0.1) is 0 Å². The number of amides is 1. The number of rotatable bonds is 6. The Hall–Kier alpha value is -1.81. The summed E-state index contributed by atoms with van der Waals surface area (Å²) in [6, 6.07) is 7.68. The Labute approximate surface area is 119 Å². The predicted octanol–water partition coefficient (Wildman–Crippen LogP) is 2.68. The highest BCUT2D eigenvalue weighted by Gasteiger charge is 2.13. The Morgan fingerprint density at radius 2 is 2.00 bits per heavy atom. The fraction of sp³-hybridized carbons (Fsp3) is 0.438. The quantitative estimate of drug-likeness (QED) is 0.851. The highest BCUT2D eigenvalue weighted by molar-refractivity contribution is 5.82. The summed E-state index contributed by atoms with van der Waals surface area (Å²) < 4.78 is 5.48. The summed E-state index contributed by atoms with van der Waals surface area (Å²) in [7, 11) is 0. The first-order valence-corrected chi connectivity index (χ1v) is 7.04. The van der Waals surface area contributed by atoms with Crippen LogP contribution in [-0.4, -0.2) is 18.5 Å². The molecule has 1 atom stereocenters. The lowest BCUT2D eigenvalue weighted by Gasteiger charge is -2.14. The number of carbonyl (C=O) groups is 1. The zero-order chi connectivity index (χ0) is 14.5. The maximum Gasteiger partial charge on any atom is 0.236 e. The van der Waals surface area contributed by atoms with E-state index in [2.05, 4.69) is 24.5 Å². The molecule has 20 heavy (non-hydrogen) atoms. The Morgan fingerprint density at radius 1 is 1.25 bits per heavy atom. The fourth-order valence-corrected chi connectivity index (χ4v) is 1.98. The summed E-state index contributed by atoms with van der Waals surface area (Å²) in [6.45, 7) is 7.36. The molecule has 1 heterocycles. The van der Waals surface area contributed by atoms with Gasteiger partial charge < -0.3 is 15.1 Å². The van der Waals surface area contributed by atoms with Crippen LogP contribution in [-0.2, 0) is 11.3 Å². The van der Waals surface area contributed by atoms with Gasteiger partial charge in [-0.1, -0.05) is 32.0 Å². The second kappa shape index (κ2) is 6.57. The molecule has 0 spiro atoms. The molecule has 2 N–H and O–H groups in total. The zero-order valence-corrected chi connectivity index (χ0v) is 12.3. The molecule has 0 radical (unpaired) electrons. The lowest BCUT2D eigenvalue weighted by molar-refractivity contribution is -0.122. The van der Waals surface area contributed by atoms with Crippen molar-refractivity contribution < 1.29 is 9.21 Å². The van der Waals surface area contributed by atoms with Crippen molar-refractivity contribution in [2.45, 2.75) is 33.4 Å². The first-order chi connectivity index (χ1) is 9.58. The first kappa shape index (κ1) is 14.6. The molecule has 0 aliphatic carbocycles. The minimum atomic E-state index is -0.220. The van der Waals surface area contributed by atoms with Gasteiger partial charge in [0.2, 0.25) is 5.91 Å². The molecule has 2 aromatic rings. The number of hydrogen-bond donors (Lipinski definition) is 2. The molecular weight excluding hydrogens is 252 g/mol. The van der Waals surface area contributed by atoms with Gasteiger partial charge in [0.05, 0.1) is 12.3 Å². The summed E-state index contributed by atoms with van der Waals surface area (Å²) in [6.07, 6.45) is 1.75. The summed E-state index contributed by atoms with van der Waals surface area (Å²) in [4.78, 5) is 11.9. The van der Waals surface area contributed by atoms with Crippen LogP contribution in [0.25, 0.3) is 11.0 Å². The van der Waals surface area contributed by atoms with E-state index in [1.807, 2.05) is 31.2 Å². The summed E-state index contributed by atoms with van der Waals surface area (Å²) in [5.41, 5.74) is 1.95. The van der Waals surface area contributed by atoms with E-state index in [1.54, 1.807) is 6.26 Å². The van der Waals surface area contributed by atoms with Crippen molar-refractivity contribution in [2.75, 3.05) is 6.54 Å². The van der Waals surface area contributed by atoms with Crippen LogP contribution in [0.5, 0.6) is 0 Å². The molecule has 108 valence electrons. The number of benzene rings is 1. The van der Waals surface area contributed by atoms with Crippen molar-refractivity contribution >= 4 is 16.9 Å². The van der Waals surface area contributed by atoms with E-state index in [-0.39, 0.29) is 11.9 Å². The van der Waals surface area contributed by atoms with E-state index in [9.17, 15) is 4.79 Å². The minimum absolute atomic E-state index is 0.0338. The van der Waals surface area contributed by atoms with Gasteiger partial charge in [-0.2, -0.15) is 0 Å². The highest BCUT2D eigenvalue weighted by Crippen LogP contribution is 2.20. The first-order valence-electron chi connectivity index (χ1n) is 7.04. The molecular formula is C16H22N2O2. The predicted molar refractivity (Wildman–Crippen MR) is 80.4 cm³/mol. The van der Waals surface area contributed by atoms with Crippen molar-refractivity contribution in [1.82, 2.24) is 10.6 Å². The van der Waals surface area contributed by atoms with Crippen LogP contribution < -0.4 is 10.6 Å². The van der Waals surface area contributed by atoms with Crippen LogP contribution >= 0.6 is 0 Å². The Bertz CT molecular complexity index is 575. The SMILES string of the molecule is CC(C)CNC(=O)C(C)NCc1coc2ccccc12. The molecule has 0 bridgehead atoms. The third-order valence-electron chi connectivity index (χ3n) is 3.24. The summed E-state index contributed by atoms with van der Waals surface area (Å²) >= 11 is 0. The number of para-hydroxylation sites is 1. The van der Waals surface area contributed by atoms with Gasteiger partial charge in [0.25, 0.3) is 0 Å². The van der Waals surface area contributed by atoms with Crippen LogP contribution in [0.1, 0.15) is 26.3 Å². The van der Waals surface area contributed by atoms with Crippen molar-refractivity contribution in [1.29, 1.82) is 0 Å². The third kappa shape index (κ3) is 3.61. The van der Waals surface area contributed by atoms with Crippen LogP contribution in [0, 0.1) is 5.92 Å². The topological polar surface area (TPSA) is 54.3 Å². The van der Waals surface area contributed by atoms with Crippen LogP contribution in [0.3, 0.4) is 0 Å². The van der Waals surface area contributed by atoms with Crippen molar-refractivity contribution in [3.05, 3.63) is 36.1 Å². The van der Waals surface area contributed by atoms with Gasteiger partial charge in [0, 0.05) is 24.0 Å². The molecule has 1 amide bonds. The van der Waals surface area contributed by atoms with Gasteiger partial charge in [-0.05, 0) is 18.9 Å². The normalized spacial score (nSPS) is 12.8. The number of nitrogens with one attached hydrogen (secondary N) is 2. The molecule has 0 fully saturated rings. The monoisotopic (exact) mass is 274 g/mol. The van der Waals surface area contributed by atoms with Crippen LogP contribution in [0.15, 0.2) is 34.9 Å². The smallest absolute Gasteiger partial charge is 0.236 e. The number of hydrogen-bond acceptors (Lipinski definition) is 3. The standard InChI is InChI=1S/C16H22N2O2/c1-11(2)8-18-16(19)12(3)17-9-13-10-20-15-7-5-4-6-14(13)15/h4-7,10-12,17H,8-9H2,1-3H3,(H,18,19). The Balaban J connectivity index is 1.90. The second-order valence-electron chi connectivity index (χ2n) is 5.50. The van der Waals surface area contributed by atoms with Gasteiger partial charge in [0.1, 0.15) is 5.58 Å². The van der Waals surface area contributed by atoms with E-state index in [4.69, 9.17) is 4.42 Å². The van der Waals surface area contributed by atoms with E-state index < -0.39 is 0 Å². The number of fused-ring (bicyclic) bond motifs is 1. The van der Waals surface area contributed by atoms with E-state index in [0.717, 1.165) is 16.5 Å². The third-order valence-corrected chi connectivity index (χ3v) is 3.24. The van der Waals surface area contributed by atoms with Gasteiger partial charge >= 0.3 is 0 Å². The zero-order valence-electron chi connectivity index (χ0n) is 12.3. The summed E-state index contributed by atoms with van der Waals surface area (Å²) in [5.74, 6) is 0.496. The number of carbonyl (C=O) groups excluding carboxylic acids is 1. The molecule has 0 saturated heterocycles. The maximum absolute atomic E-state index is 11.9. The summed E-state index contributed by atoms with van der Waals surface area (Å²) in [5, 5.41) is 7.25. The average molecular weight is 274 g/mol. The minimum Gasteiger partial charge on any atom is -0.464 e. The largest absolute Gasteiger partial charge is 0.464 e. The Morgan fingerprint density at radius 3 is 2.75 bits per heavy atom. The van der Waals surface area contributed by atoms with E-state index in [0.29, 0.717) is 19.0 Å². The van der Waals surface area contributed by atoms with E-state index >= 15 is 0 Å². The lowest BCUT2D eigenvalue weighted by Crippen LogP contribution is -2.42. The average Bonchev–Trinajstić information content (AvgIpc) is 2.85. The molecule has 0 aliphatic heterocycles. The molecule has 4 heteroatoms. The molecule has 1 unspecified atom stereocenters. The molecule has 1 aromatic heterocycles. The molecule has 4 nitrogen and oxygen atoms in total. The van der Waals surface area contributed by atoms with Crippen LogP contribution in [0.2, 0.25) is 0 Å². The van der Waals surface area contributed by atoms with Crippen molar-refractivity contribution in [3.8, 4) is 0 Å².